The summed E-state index contributed by atoms with van der Waals surface area (Å²) in [6.45, 7) is 3.09. The predicted molar refractivity (Wildman–Crippen MR) is 74.3 cm³/mol. The first kappa shape index (κ1) is 14.7. The standard InChI is InChI=1S/C12H18BrNO2S/c1-2-14(8-9-15)12(16)5-3-4-10-6-7-11(13)17-10/h6-7,15H,2-5,8-9H2,1H3. The summed E-state index contributed by atoms with van der Waals surface area (Å²) in [6, 6.07) is 4.12. The maximum Gasteiger partial charge on any atom is 0.222 e. The van der Waals surface area contributed by atoms with Gasteiger partial charge in [0.2, 0.25) is 5.91 Å². The van der Waals surface area contributed by atoms with Gasteiger partial charge < -0.3 is 10.0 Å². The highest BCUT2D eigenvalue weighted by molar-refractivity contribution is 9.11. The average molecular weight is 320 g/mol. The van der Waals surface area contributed by atoms with Crippen molar-refractivity contribution in [3.05, 3.63) is 20.8 Å². The third-order valence-electron chi connectivity index (χ3n) is 2.55. The molecule has 0 atom stereocenters. The molecule has 96 valence electrons. The number of hydrogen-bond acceptors (Lipinski definition) is 3. The Labute approximate surface area is 115 Å². The van der Waals surface area contributed by atoms with E-state index in [9.17, 15) is 4.79 Å². The van der Waals surface area contributed by atoms with Gasteiger partial charge in [-0.3, -0.25) is 4.79 Å². The molecule has 0 radical (unpaired) electrons. The van der Waals surface area contributed by atoms with Gasteiger partial charge in [-0.05, 0) is 47.8 Å². The van der Waals surface area contributed by atoms with Crippen molar-refractivity contribution in [3.8, 4) is 0 Å². The lowest BCUT2D eigenvalue weighted by atomic mass is 10.2. The third kappa shape index (κ3) is 5.19. The Hall–Kier alpha value is -0.390. The van der Waals surface area contributed by atoms with Crippen molar-refractivity contribution < 1.29 is 9.90 Å². The van der Waals surface area contributed by atoms with Gasteiger partial charge in [0.05, 0.1) is 10.4 Å². The molecule has 0 bridgehead atoms. The molecule has 0 aliphatic rings. The Morgan fingerprint density at radius 3 is 2.82 bits per heavy atom. The topological polar surface area (TPSA) is 40.5 Å². The molecule has 1 heterocycles. The fraction of sp³-hybridized carbons (Fsp3) is 0.583. The van der Waals surface area contributed by atoms with Crippen LogP contribution in [-0.4, -0.2) is 35.6 Å². The Balaban J connectivity index is 2.28. The van der Waals surface area contributed by atoms with E-state index in [0.717, 1.165) is 16.6 Å². The fourth-order valence-corrected chi connectivity index (χ4v) is 3.16. The van der Waals surface area contributed by atoms with Gasteiger partial charge in [-0.25, -0.2) is 0 Å². The van der Waals surface area contributed by atoms with Gasteiger partial charge in [-0.2, -0.15) is 0 Å². The molecule has 0 aromatic carbocycles. The molecule has 0 unspecified atom stereocenters. The van der Waals surface area contributed by atoms with Crippen LogP contribution in [0.1, 0.15) is 24.6 Å². The molecule has 5 heteroatoms. The Bertz CT molecular complexity index is 354. The van der Waals surface area contributed by atoms with Crippen molar-refractivity contribution in [2.45, 2.75) is 26.2 Å². The van der Waals surface area contributed by atoms with E-state index in [1.165, 1.54) is 4.88 Å². The number of aliphatic hydroxyl groups excluding tert-OH is 1. The first-order valence-corrected chi connectivity index (χ1v) is 7.41. The van der Waals surface area contributed by atoms with Gasteiger partial charge in [-0.15, -0.1) is 11.3 Å². The molecular formula is C12H18BrNO2S. The van der Waals surface area contributed by atoms with E-state index in [1.54, 1.807) is 16.2 Å². The van der Waals surface area contributed by atoms with Crippen LogP contribution in [0.5, 0.6) is 0 Å². The average Bonchev–Trinajstić information content (AvgIpc) is 2.71. The van der Waals surface area contributed by atoms with Crippen LogP contribution < -0.4 is 0 Å². The summed E-state index contributed by atoms with van der Waals surface area (Å²) >= 11 is 5.14. The van der Waals surface area contributed by atoms with Gasteiger partial charge in [0.1, 0.15) is 0 Å². The number of thiophene rings is 1. The van der Waals surface area contributed by atoms with Crippen LogP contribution in [0.3, 0.4) is 0 Å². The molecule has 0 saturated carbocycles. The number of hydrogen-bond donors (Lipinski definition) is 1. The zero-order valence-electron chi connectivity index (χ0n) is 9.99. The molecular weight excluding hydrogens is 302 g/mol. The Morgan fingerprint density at radius 2 is 2.29 bits per heavy atom. The molecule has 1 amide bonds. The SMILES string of the molecule is CCN(CCO)C(=O)CCCc1ccc(Br)s1. The summed E-state index contributed by atoms with van der Waals surface area (Å²) in [5.74, 6) is 0.136. The first-order chi connectivity index (χ1) is 8.17. The largest absolute Gasteiger partial charge is 0.395 e. The monoisotopic (exact) mass is 319 g/mol. The minimum atomic E-state index is 0.0391. The van der Waals surface area contributed by atoms with Crippen molar-refractivity contribution in [1.29, 1.82) is 0 Å². The maximum atomic E-state index is 11.8. The van der Waals surface area contributed by atoms with Crippen LogP contribution in [-0.2, 0) is 11.2 Å². The lowest BCUT2D eigenvalue weighted by Crippen LogP contribution is -2.33. The second-order valence-electron chi connectivity index (χ2n) is 3.76. The molecule has 3 nitrogen and oxygen atoms in total. The van der Waals surface area contributed by atoms with E-state index >= 15 is 0 Å². The second kappa shape index (κ2) is 7.84. The van der Waals surface area contributed by atoms with Gasteiger partial charge in [0.25, 0.3) is 0 Å². The minimum Gasteiger partial charge on any atom is -0.395 e. The molecule has 0 saturated heterocycles. The van der Waals surface area contributed by atoms with Gasteiger partial charge in [0, 0.05) is 24.4 Å². The number of likely N-dealkylation sites (N-methyl/N-ethyl adjacent to an activating group) is 1. The summed E-state index contributed by atoms with van der Waals surface area (Å²) in [4.78, 5) is 14.8. The molecule has 0 aliphatic carbocycles. The lowest BCUT2D eigenvalue weighted by molar-refractivity contribution is -0.131. The molecule has 1 rings (SSSR count). The van der Waals surface area contributed by atoms with E-state index in [4.69, 9.17) is 5.11 Å². The van der Waals surface area contributed by atoms with Crippen molar-refractivity contribution in [1.82, 2.24) is 4.90 Å². The number of carbonyl (C=O) groups is 1. The van der Waals surface area contributed by atoms with E-state index in [0.29, 0.717) is 19.5 Å². The van der Waals surface area contributed by atoms with Gasteiger partial charge >= 0.3 is 0 Å². The number of nitrogens with zero attached hydrogens (tertiary/aromatic N) is 1. The number of carbonyl (C=O) groups excluding carboxylic acids is 1. The van der Waals surface area contributed by atoms with Crippen LogP contribution in [0.15, 0.2) is 15.9 Å². The molecule has 1 aromatic heterocycles. The Morgan fingerprint density at radius 1 is 1.53 bits per heavy atom. The van der Waals surface area contributed by atoms with E-state index in [-0.39, 0.29) is 12.5 Å². The second-order valence-corrected chi connectivity index (χ2v) is 6.30. The lowest BCUT2D eigenvalue weighted by Gasteiger charge is -2.19. The number of halogens is 1. The van der Waals surface area contributed by atoms with Crippen LogP contribution in [0, 0.1) is 0 Å². The van der Waals surface area contributed by atoms with Crippen molar-refractivity contribution in [3.63, 3.8) is 0 Å². The Kier molecular flexibility index (Phi) is 6.77. The van der Waals surface area contributed by atoms with Crippen LogP contribution in [0.25, 0.3) is 0 Å². The summed E-state index contributed by atoms with van der Waals surface area (Å²) in [5.41, 5.74) is 0. The molecule has 17 heavy (non-hydrogen) atoms. The number of amides is 1. The predicted octanol–water partition coefficient (Wildman–Crippen LogP) is 2.67. The fourth-order valence-electron chi connectivity index (χ4n) is 1.64. The van der Waals surface area contributed by atoms with Crippen molar-refractivity contribution in [2.75, 3.05) is 19.7 Å². The molecule has 0 aliphatic heterocycles. The molecule has 1 aromatic rings. The van der Waals surface area contributed by atoms with Gasteiger partial charge in [-0.1, -0.05) is 0 Å². The molecule has 0 spiro atoms. The normalized spacial score (nSPS) is 10.5. The highest BCUT2D eigenvalue weighted by Gasteiger charge is 2.10. The van der Waals surface area contributed by atoms with Crippen LogP contribution in [0.4, 0.5) is 0 Å². The minimum absolute atomic E-state index is 0.0391. The quantitative estimate of drug-likeness (QED) is 0.839. The summed E-state index contributed by atoms with van der Waals surface area (Å²) in [7, 11) is 0. The summed E-state index contributed by atoms with van der Waals surface area (Å²) < 4.78 is 1.13. The molecule has 1 N–H and O–H groups in total. The van der Waals surface area contributed by atoms with E-state index in [1.807, 2.05) is 13.0 Å². The summed E-state index contributed by atoms with van der Waals surface area (Å²) in [5, 5.41) is 8.83. The smallest absolute Gasteiger partial charge is 0.222 e. The van der Waals surface area contributed by atoms with Crippen molar-refractivity contribution >= 4 is 33.2 Å². The zero-order chi connectivity index (χ0) is 12.7. The van der Waals surface area contributed by atoms with E-state index in [2.05, 4.69) is 22.0 Å². The third-order valence-corrected chi connectivity index (χ3v) is 4.23. The summed E-state index contributed by atoms with van der Waals surface area (Å²) in [6.07, 6.45) is 2.37. The van der Waals surface area contributed by atoms with Crippen LogP contribution >= 0.6 is 27.3 Å². The van der Waals surface area contributed by atoms with Crippen molar-refractivity contribution in [2.24, 2.45) is 0 Å². The number of aryl methyl sites for hydroxylation is 1. The first-order valence-electron chi connectivity index (χ1n) is 5.80. The highest BCUT2D eigenvalue weighted by atomic mass is 79.9. The van der Waals surface area contributed by atoms with Crippen LogP contribution in [0.2, 0.25) is 0 Å². The highest BCUT2D eigenvalue weighted by Crippen LogP contribution is 2.23. The molecule has 0 fully saturated rings. The number of aliphatic hydroxyl groups is 1. The van der Waals surface area contributed by atoms with Gasteiger partial charge in [0.15, 0.2) is 0 Å². The maximum absolute atomic E-state index is 11.8. The number of rotatable bonds is 7. The van der Waals surface area contributed by atoms with E-state index < -0.39 is 0 Å². The zero-order valence-corrected chi connectivity index (χ0v) is 12.4.